The van der Waals surface area contributed by atoms with E-state index in [1.54, 1.807) is 18.2 Å². The molecule has 0 bridgehead atoms. The van der Waals surface area contributed by atoms with E-state index in [0.29, 0.717) is 23.6 Å². The normalized spacial score (nSPS) is 9.88. The zero-order valence-corrected chi connectivity index (χ0v) is 9.66. The lowest BCUT2D eigenvalue weighted by Crippen LogP contribution is -2.08. The first-order valence-electron chi connectivity index (χ1n) is 5.30. The number of esters is 1. The van der Waals surface area contributed by atoms with Gasteiger partial charge >= 0.3 is 5.97 Å². The van der Waals surface area contributed by atoms with Crippen molar-refractivity contribution in [3.63, 3.8) is 0 Å². The summed E-state index contributed by atoms with van der Waals surface area (Å²) >= 11 is 0. The Bertz CT molecular complexity index is 363. The lowest BCUT2D eigenvalue weighted by atomic mass is 10.1. The van der Waals surface area contributed by atoms with E-state index >= 15 is 0 Å². The predicted octanol–water partition coefficient (Wildman–Crippen LogP) is 2.23. The van der Waals surface area contributed by atoms with Crippen LogP contribution in [0.15, 0.2) is 18.2 Å². The maximum absolute atomic E-state index is 11.5. The lowest BCUT2D eigenvalue weighted by Gasteiger charge is -2.12. The van der Waals surface area contributed by atoms with Gasteiger partial charge < -0.3 is 15.2 Å². The minimum Gasteiger partial charge on any atom is -0.491 e. The molecule has 0 aliphatic carbocycles. The van der Waals surface area contributed by atoms with Gasteiger partial charge in [0.25, 0.3) is 0 Å². The van der Waals surface area contributed by atoms with Crippen molar-refractivity contribution in [2.75, 3.05) is 19.5 Å². The van der Waals surface area contributed by atoms with E-state index in [1.807, 2.05) is 0 Å². The van der Waals surface area contributed by atoms with Gasteiger partial charge in [0.2, 0.25) is 0 Å². The molecule has 0 aromatic heterocycles. The topological polar surface area (TPSA) is 61.5 Å². The number of nitrogens with two attached hydrogens (primary N) is 1. The van der Waals surface area contributed by atoms with Crippen LogP contribution in [0.5, 0.6) is 5.75 Å². The Morgan fingerprint density at radius 2 is 2.19 bits per heavy atom. The monoisotopic (exact) mass is 223 g/mol. The van der Waals surface area contributed by atoms with Crippen molar-refractivity contribution in [2.45, 2.75) is 19.8 Å². The van der Waals surface area contributed by atoms with Crippen LogP contribution in [0.25, 0.3) is 0 Å². The number of benzene rings is 1. The molecule has 0 saturated heterocycles. The Morgan fingerprint density at radius 1 is 1.44 bits per heavy atom. The van der Waals surface area contributed by atoms with E-state index in [9.17, 15) is 4.79 Å². The van der Waals surface area contributed by atoms with Gasteiger partial charge in [0.05, 0.1) is 19.4 Å². The van der Waals surface area contributed by atoms with Gasteiger partial charge in [-0.05, 0) is 18.6 Å². The average Bonchev–Trinajstić information content (AvgIpc) is 2.30. The number of methoxy groups -OCH3 is 1. The van der Waals surface area contributed by atoms with Gasteiger partial charge in [-0.25, -0.2) is 4.79 Å². The van der Waals surface area contributed by atoms with Crippen molar-refractivity contribution in [3.8, 4) is 5.75 Å². The van der Waals surface area contributed by atoms with Crippen molar-refractivity contribution in [1.29, 1.82) is 0 Å². The van der Waals surface area contributed by atoms with Gasteiger partial charge in [0, 0.05) is 0 Å². The molecule has 88 valence electrons. The molecule has 0 fully saturated rings. The summed E-state index contributed by atoms with van der Waals surface area (Å²) in [6.07, 6.45) is 1.95. The Labute approximate surface area is 95.3 Å². The summed E-state index contributed by atoms with van der Waals surface area (Å²) in [5, 5.41) is 0. The molecule has 0 unspecified atom stereocenters. The number of hydrogen-bond donors (Lipinski definition) is 1. The second-order valence-electron chi connectivity index (χ2n) is 3.42. The van der Waals surface area contributed by atoms with Crippen molar-refractivity contribution in [3.05, 3.63) is 23.8 Å². The summed E-state index contributed by atoms with van der Waals surface area (Å²) in [4.78, 5) is 11.5. The summed E-state index contributed by atoms with van der Waals surface area (Å²) in [5.41, 5.74) is 6.59. The minimum atomic E-state index is -0.432. The van der Waals surface area contributed by atoms with Crippen LogP contribution < -0.4 is 10.5 Å². The number of ether oxygens (including phenoxy) is 2. The summed E-state index contributed by atoms with van der Waals surface area (Å²) in [6, 6.07) is 5.05. The summed E-state index contributed by atoms with van der Waals surface area (Å²) in [6.45, 7) is 2.62. The first-order chi connectivity index (χ1) is 7.70. The summed E-state index contributed by atoms with van der Waals surface area (Å²) < 4.78 is 10.2. The molecular formula is C12H17NO3. The highest BCUT2D eigenvalue weighted by atomic mass is 16.5. The molecule has 0 spiro atoms. The van der Waals surface area contributed by atoms with Crippen LogP contribution in [0.4, 0.5) is 5.69 Å². The van der Waals surface area contributed by atoms with Gasteiger partial charge in [-0.1, -0.05) is 19.4 Å². The van der Waals surface area contributed by atoms with Crippen LogP contribution in [0.2, 0.25) is 0 Å². The maximum atomic E-state index is 11.5. The van der Waals surface area contributed by atoms with E-state index in [0.717, 1.165) is 12.8 Å². The number of carbonyl (C=O) groups excluding carboxylic acids is 1. The average molecular weight is 223 g/mol. The van der Waals surface area contributed by atoms with Crippen molar-refractivity contribution >= 4 is 11.7 Å². The number of rotatable bonds is 5. The fourth-order valence-electron chi connectivity index (χ4n) is 1.31. The Morgan fingerprint density at radius 3 is 2.81 bits per heavy atom. The van der Waals surface area contributed by atoms with Crippen molar-refractivity contribution in [2.24, 2.45) is 0 Å². The maximum Gasteiger partial charge on any atom is 0.341 e. The molecule has 4 heteroatoms. The summed E-state index contributed by atoms with van der Waals surface area (Å²) in [7, 11) is 1.33. The van der Waals surface area contributed by atoms with Gasteiger partial charge in [0.15, 0.2) is 5.75 Å². The van der Waals surface area contributed by atoms with Crippen LogP contribution in [0.1, 0.15) is 30.1 Å². The van der Waals surface area contributed by atoms with E-state index in [2.05, 4.69) is 11.7 Å². The first-order valence-corrected chi connectivity index (χ1v) is 5.30. The number of anilines is 1. The SMILES string of the molecule is CCCCOc1c(N)cccc1C(=O)OC. The molecule has 0 aliphatic rings. The number of hydrogen-bond acceptors (Lipinski definition) is 4. The molecule has 0 radical (unpaired) electrons. The van der Waals surface area contributed by atoms with Crippen molar-refractivity contribution < 1.29 is 14.3 Å². The quantitative estimate of drug-likeness (QED) is 0.472. The fraction of sp³-hybridized carbons (Fsp3) is 0.417. The van der Waals surface area contributed by atoms with Crippen LogP contribution in [0.3, 0.4) is 0 Å². The van der Waals surface area contributed by atoms with Crippen LogP contribution in [0, 0.1) is 0 Å². The number of para-hydroxylation sites is 1. The molecule has 0 heterocycles. The van der Waals surface area contributed by atoms with Crippen LogP contribution in [-0.2, 0) is 4.74 Å². The van der Waals surface area contributed by atoms with Crippen LogP contribution >= 0.6 is 0 Å². The van der Waals surface area contributed by atoms with Gasteiger partial charge in [-0.15, -0.1) is 0 Å². The highest BCUT2D eigenvalue weighted by Gasteiger charge is 2.15. The Balaban J connectivity index is 2.90. The van der Waals surface area contributed by atoms with E-state index in [4.69, 9.17) is 10.5 Å². The molecule has 2 N–H and O–H groups in total. The first kappa shape index (κ1) is 12.4. The Kier molecular flexibility index (Phi) is 4.64. The standard InChI is InChI=1S/C12H17NO3/c1-3-4-8-16-11-9(12(14)15-2)6-5-7-10(11)13/h5-7H,3-4,8,13H2,1-2H3. The second kappa shape index (κ2) is 6.00. The molecule has 0 atom stereocenters. The highest BCUT2D eigenvalue weighted by Crippen LogP contribution is 2.27. The second-order valence-corrected chi connectivity index (χ2v) is 3.42. The summed E-state index contributed by atoms with van der Waals surface area (Å²) in [5.74, 6) is -0.0124. The molecule has 0 amide bonds. The third-order valence-corrected chi connectivity index (χ3v) is 2.20. The lowest BCUT2D eigenvalue weighted by molar-refractivity contribution is 0.0596. The number of nitrogen functional groups attached to an aromatic ring is 1. The highest BCUT2D eigenvalue weighted by molar-refractivity contribution is 5.94. The Hall–Kier alpha value is -1.71. The van der Waals surface area contributed by atoms with Gasteiger partial charge in [0.1, 0.15) is 5.56 Å². The largest absolute Gasteiger partial charge is 0.491 e. The molecule has 0 aliphatic heterocycles. The number of carbonyl (C=O) groups is 1. The third-order valence-electron chi connectivity index (χ3n) is 2.20. The molecule has 4 nitrogen and oxygen atoms in total. The molecule has 0 saturated carbocycles. The van der Waals surface area contributed by atoms with E-state index < -0.39 is 5.97 Å². The molecule has 1 rings (SSSR count). The van der Waals surface area contributed by atoms with Crippen LogP contribution in [-0.4, -0.2) is 19.7 Å². The smallest absolute Gasteiger partial charge is 0.341 e. The van der Waals surface area contributed by atoms with Gasteiger partial charge in [-0.2, -0.15) is 0 Å². The van der Waals surface area contributed by atoms with E-state index in [1.165, 1.54) is 7.11 Å². The fourth-order valence-corrected chi connectivity index (χ4v) is 1.31. The zero-order valence-electron chi connectivity index (χ0n) is 9.66. The third kappa shape index (κ3) is 2.89. The predicted molar refractivity (Wildman–Crippen MR) is 62.6 cm³/mol. The zero-order chi connectivity index (χ0) is 12.0. The molecular weight excluding hydrogens is 206 g/mol. The number of unbranched alkanes of at least 4 members (excludes halogenated alkanes) is 1. The van der Waals surface area contributed by atoms with Gasteiger partial charge in [-0.3, -0.25) is 0 Å². The molecule has 1 aromatic rings. The van der Waals surface area contributed by atoms with E-state index in [-0.39, 0.29) is 0 Å². The van der Waals surface area contributed by atoms with Crippen molar-refractivity contribution in [1.82, 2.24) is 0 Å². The minimum absolute atomic E-state index is 0.374. The molecule has 1 aromatic carbocycles. The molecule has 16 heavy (non-hydrogen) atoms.